The molecule has 178 valence electrons. The van der Waals surface area contributed by atoms with Gasteiger partial charge in [-0.15, -0.1) is 24.0 Å². The van der Waals surface area contributed by atoms with Crippen LogP contribution >= 0.6 is 24.0 Å². The summed E-state index contributed by atoms with van der Waals surface area (Å²) in [5.41, 5.74) is 0.414. The van der Waals surface area contributed by atoms with Gasteiger partial charge in [0.25, 0.3) is 0 Å². The molecule has 0 aliphatic rings. The molecule has 0 aliphatic carbocycles. The summed E-state index contributed by atoms with van der Waals surface area (Å²) in [5, 5.41) is 16.1. The van der Waals surface area contributed by atoms with Gasteiger partial charge in [0.15, 0.2) is 5.96 Å². The molecule has 32 heavy (non-hydrogen) atoms. The second-order valence-corrected chi connectivity index (χ2v) is 6.35. The average Bonchev–Trinajstić information content (AvgIpc) is 2.75. The third kappa shape index (κ3) is 9.81. The van der Waals surface area contributed by atoms with Crippen molar-refractivity contribution in [2.24, 2.45) is 4.99 Å². The first-order valence-corrected chi connectivity index (χ1v) is 9.61. The zero-order valence-corrected chi connectivity index (χ0v) is 20.0. The number of aliphatic imine (C=N–C) groups is 1. The van der Waals surface area contributed by atoms with Crippen molar-refractivity contribution < 1.29 is 32.5 Å². The summed E-state index contributed by atoms with van der Waals surface area (Å²) in [4.78, 5) is 4.35. The summed E-state index contributed by atoms with van der Waals surface area (Å²) in [7, 11) is 1.47. The lowest BCUT2D eigenvalue weighted by molar-refractivity contribution is -0.0504. The molecule has 0 saturated heterocycles. The molecule has 0 fully saturated rings. The van der Waals surface area contributed by atoms with Gasteiger partial charge in [-0.3, -0.25) is 0 Å². The molecule has 0 bridgehead atoms. The van der Waals surface area contributed by atoms with Gasteiger partial charge < -0.3 is 30.0 Å². The van der Waals surface area contributed by atoms with Crippen molar-refractivity contribution in [1.82, 2.24) is 10.6 Å². The van der Waals surface area contributed by atoms with Gasteiger partial charge in [0.2, 0.25) is 0 Å². The van der Waals surface area contributed by atoms with Crippen LogP contribution in [0.1, 0.15) is 12.5 Å². The molecule has 11 heteroatoms. The molecule has 0 amide bonds. The molecule has 0 aliphatic heterocycles. The Hall–Kier alpha value is -2.41. The van der Waals surface area contributed by atoms with Gasteiger partial charge in [-0.25, -0.2) is 9.38 Å². The maximum Gasteiger partial charge on any atom is 0.387 e. The highest BCUT2D eigenvalue weighted by Gasteiger charge is 2.12. The van der Waals surface area contributed by atoms with Gasteiger partial charge in [0, 0.05) is 18.7 Å². The van der Waals surface area contributed by atoms with Crippen LogP contribution in [0.5, 0.6) is 17.2 Å². The average molecular weight is 569 g/mol. The number of benzene rings is 2. The van der Waals surface area contributed by atoms with Crippen molar-refractivity contribution in [2.45, 2.75) is 26.2 Å². The second-order valence-electron chi connectivity index (χ2n) is 6.35. The Morgan fingerprint density at radius 1 is 1.09 bits per heavy atom. The number of ether oxygens (including phenoxy) is 3. The summed E-state index contributed by atoms with van der Waals surface area (Å²) in [6.45, 7) is -0.407. The van der Waals surface area contributed by atoms with Crippen molar-refractivity contribution in [3.8, 4) is 17.2 Å². The van der Waals surface area contributed by atoms with E-state index < -0.39 is 12.7 Å². The van der Waals surface area contributed by atoms with Crippen LogP contribution in [0.2, 0.25) is 0 Å². The summed E-state index contributed by atoms with van der Waals surface area (Å²) >= 11 is 0. The minimum absolute atomic E-state index is 0. The SMILES string of the molecule is CCNC(=NCc1cc(OC)ccc1OC(F)F)NCC(O)COc1ccc(F)cc1.I. The fraction of sp³-hybridized carbons (Fsp3) is 0.381. The van der Waals surface area contributed by atoms with Gasteiger partial charge in [-0.05, 0) is 49.4 Å². The molecule has 0 radical (unpaired) electrons. The number of aliphatic hydroxyl groups is 1. The van der Waals surface area contributed by atoms with E-state index in [0.29, 0.717) is 29.6 Å². The number of halogens is 4. The number of hydrogen-bond donors (Lipinski definition) is 3. The molecule has 2 aromatic carbocycles. The first-order valence-electron chi connectivity index (χ1n) is 9.61. The lowest BCUT2D eigenvalue weighted by Crippen LogP contribution is -2.42. The van der Waals surface area contributed by atoms with Crippen LogP contribution in [-0.4, -0.2) is 50.6 Å². The van der Waals surface area contributed by atoms with E-state index in [1.807, 2.05) is 6.92 Å². The standard InChI is InChI=1S/C21H26F3N3O4.HI/c1-3-25-21(27-12-16(28)13-30-17-6-4-15(22)5-7-17)26-11-14-10-18(29-2)8-9-19(14)31-20(23)24;/h4-10,16,20,28H,3,11-13H2,1-2H3,(H2,25,26,27);1H. The molecule has 1 unspecified atom stereocenters. The second kappa shape index (κ2) is 14.6. The summed E-state index contributed by atoms with van der Waals surface area (Å²) < 4.78 is 53.3. The number of rotatable bonds is 11. The Morgan fingerprint density at radius 2 is 1.78 bits per heavy atom. The van der Waals surface area contributed by atoms with Crippen LogP contribution in [0.25, 0.3) is 0 Å². The molecule has 7 nitrogen and oxygen atoms in total. The van der Waals surface area contributed by atoms with E-state index in [9.17, 15) is 18.3 Å². The monoisotopic (exact) mass is 569 g/mol. The molecule has 0 heterocycles. The number of alkyl halides is 2. The van der Waals surface area contributed by atoms with E-state index in [2.05, 4.69) is 20.4 Å². The van der Waals surface area contributed by atoms with E-state index in [0.717, 1.165) is 0 Å². The lowest BCUT2D eigenvalue weighted by Gasteiger charge is -2.16. The van der Waals surface area contributed by atoms with Crippen molar-refractivity contribution in [3.05, 3.63) is 53.8 Å². The Labute approximate surface area is 202 Å². The van der Waals surface area contributed by atoms with Crippen LogP contribution in [0.15, 0.2) is 47.5 Å². The van der Waals surface area contributed by atoms with Gasteiger partial charge >= 0.3 is 6.61 Å². The number of methoxy groups -OCH3 is 1. The fourth-order valence-corrected chi connectivity index (χ4v) is 2.52. The zero-order valence-electron chi connectivity index (χ0n) is 17.7. The zero-order chi connectivity index (χ0) is 22.6. The molecular weight excluding hydrogens is 542 g/mol. The Bertz CT molecular complexity index is 842. The first kappa shape index (κ1) is 27.6. The van der Waals surface area contributed by atoms with E-state index in [1.165, 1.54) is 43.5 Å². The number of nitrogens with one attached hydrogen (secondary N) is 2. The maximum atomic E-state index is 12.9. The Balaban J connectivity index is 0.00000512. The Morgan fingerprint density at radius 3 is 2.41 bits per heavy atom. The molecule has 2 aromatic rings. The van der Waals surface area contributed by atoms with Gasteiger partial charge in [0.05, 0.1) is 13.7 Å². The highest BCUT2D eigenvalue weighted by Crippen LogP contribution is 2.26. The molecule has 0 spiro atoms. The third-order valence-corrected chi connectivity index (χ3v) is 4.00. The van der Waals surface area contributed by atoms with Crippen LogP contribution in [0.3, 0.4) is 0 Å². The Kier molecular flexibility index (Phi) is 12.6. The van der Waals surface area contributed by atoms with Gasteiger partial charge in [-0.1, -0.05) is 0 Å². The van der Waals surface area contributed by atoms with Gasteiger partial charge in [0.1, 0.15) is 35.8 Å². The van der Waals surface area contributed by atoms with E-state index in [4.69, 9.17) is 9.47 Å². The molecule has 2 rings (SSSR count). The van der Waals surface area contributed by atoms with Crippen LogP contribution in [0, 0.1) is 5.82 Å². The fourth-order valence-electron chi connectivity index (χ4n) is 2.52. The predicted molar refractivity (Wildman–Crippen MR) is 126 cm³/mol. The maximum absolute atomic E-state index is 12.9. The lowest BCUT2D eigenvalue weighted by atomic mass is 10.2. The summed E-state index contributed by atoms with van der Waals surface area (Å²) in [6.07, 6.45) is -0.872. The largest absolute Gasteiger partial charge is 0.497 e. The van der Waals surface area contributed by atoms with Crippen molar-refractivity contribution in [3.63, 3.8) is 0 Å². The van der Waals surface area contributed by atoms with E-state index in [-0.39, 0.29) is 55.2 Å². The number of nitrogens with zero attached hydrogens (tertiary/aromatic N) is 1. The molecular formula is C21H27F3IN3O4. The third-order valence-electron chi connectivity index (χ3n) is 4.00. The minimum atomic E-state index is -2.96. The van der Waals surface area contributed by atoms with Crippen LogP contribution < -0.4 is 24.8 Å². The molecule has 0 aromatic heterocycles. The number of guanidine groups is 1. The van der Waals surface area contributed by atoms with Gasteiger partial charge in [-0.2, -0.15) is 8.78 Å². The summed E-state index contributed by atoms with van der Waals surface area (Å²) in [5.74, 6) is 0.917. The molecule has 1 atom stereocenters. The van der Waals surface area contributed by atoms with E-state index >= 15 is 0 Å². The molecule has 0 saturated carbocycles. The van der Waals surface area contributed by atoms with Crippen LogP contribution in [0.4, 0.5) is 13.2 Å². The number of aliphatic hydroxyl groups excluding tert-OH is 1. The van der Waals surface area contributed by atoms with Crippen molar-refractivity contribution in [1.29, 1.82) is 0 Å². The van der Waals surface area contributed by atoms with Crippen molar-refractivity contribution >= 4 is 29.9 Å². The first-order chi connectivity index (χ1) is 14.9. The normalized spacial score (nSPS) is 12.0. The predicted octanol–water partition coefficient (Wildman–Crippen LogP) is 3.55. The summed E-state index contributed by atoms with van der Waals surface area (Å²) in [6, 6.07) is 9.94. The quantitative estimate of drug-likeness (QED) is 0.218. The topological polar surface area (TPSA) is 84.3 Å². The van der Waals surface area contributed by atoms with Crippen molar-refractivity contribution in [2.75, 3.05) is 26.8 Å². The smallest absolute Gasteiger partial charge is 0.387 e. The molecule has 3 N–H and O–H groups in total. The highest BCUT2D eigenvalue weighted by molar-refractivity contribution is 14.0. The van der Waals surface area contributed by atoms with E-state index in [1.54, 1.807) is 6.07 Å². The highest BCUT2D eigenvalue weighted by atomic mass is 127. The van der Waals surface area contributed by atoms with Crippen LogP contribution in [-0.2, 0) is 6.54 Å². The minimum Gasteiger partial charge on any atom is -0.497 e. The number of hydrogen-bond acceptors (Lipinski definition) is 5.